The van der Waals surface area contributed by atoms with Crippen LogP contribution >= 0.6 is 23.3 Å². The minimum absolute atomic E-state index is 0.421. The molecule has 2 N–H and O–H groups in total. The van der Waals surface area contributed by atoms with E-state index in [1.165, 1.54) is 0 Å². The Kier molecular flexibility index (Phi) is 3.91. The molecular weight excluding hydrogens is 313 g/mol. The van der Waals surface area contributed by atoms with Crippen LogP contribution in [0.25, 0.3) is 0 Å². The van der Waals surface area contributed by atoms with Crippen LogP contribution in [0.3, 0.4) is 0 Å². The third-order valence-electron chi connectivity index (χ3n) is 2.64. The summed E-state index contributed by atoms with van der Waals surface area (Å²) in [5.74, 6) is 0. The van der Waals surface area contributed by atoms with Gasteiger partial charge < -0.3 is 10.2 Å². The van der Waals surface area contributed by atoms with Gasteiger partial charge in [0.1, 0.15) is 0 Å². The van der Waals surface area contributed by atoms with Crippen molar-refractivity contribution in [3.8, 4) is 0 Å². The van der Waals surface area contributed by atoms with Crippen LogP contribution in [0.1, 0.15) is 0 Å². The fourth-order valence-corrected chi connectivity index (χ4v) is 3.74. The smallest absolute Gasteiger partial charge is 0.258 e. The van der Waals surface area contributed by atoms with Crippen LogP contribution in [-0.2, 0) is 4.57 Å². The molecule has 2 aromatic rings. The lowest BCUT2D eigenvalue weighted by Gasteiger charge is -2.13. The van der Waals surface area contributed by atoms with Crippen molar-refractivity contribution in [1.82, 2.24) is 0 Å². The highest BCUT2D eigenvalue weighted by molar-refractivity contribution is 9.10. The van der Waals surface area contributed by atoms with Crippen LogP contribution in [0.4, 0.5) is 5.69 Å². The van der Waals surface area contributed by atoms with E-state index in [0.29, 0.717) is 10.6 Å². The second-order valence-electron chi connectivity index (χ2n) is 3.86. The van der Waals surface area contributed by atoms with Gasteiger partial charge in [-0.3, -0.25) is 4.57 Å². The van der Waals surface area contributed by atoms with E-state index in [2.05, 4.69) is 21.2 Å². The summed E-state index contributed by atoms with van der Waals surface area (Å²) < 4.78 is 13.3. The van der Waals surface area contributed by atoms with Crippen LogP contribution in [0.2, 0.25) is 0 Å². The molecule has 1 unspecified atom stereocenters. The fraction of sp³-hybridized carbons (Fsp3) is 0.0769. The van der Waals surface area contributed by atoms with E-state index in [4.69, 9.17) is 0 Å². The molecule has 0 amide bonds. The molecule has 0 radical (unpaired) electrons. The monoisotopic (exact) mass is 325 g/mol. The third-order valence-corrected chi connectivity index (χ3v) is 5.09. The second-order valence-corrected chi connectivity index (χ2v) is 6.96. The van der Waals surface area contributed by atoms with Gasteiger partial charge in [0.25, 0.3) is 7.37 Å². The summed E-state index contributed by atoms with van der Waals surface area (Å²) in [5, 5.41) is 3.81. The van der Waals surface area contributed by atoms with Crippen LogP contribution in [0.15, 0.2) is 53.0 Å². The Bertz CT molecular complexity index is 615. The predicted molar refractivity (Wildman–Crippen MR) is 79.2 cm³/mol. The van der Waals surface area contributed by atoms with Crippen LogP contribution in [-0.4, -0.2) is 11.9 Å². The second kappa shape index (κ2) is 5.27. The first-order chi connectivity index (χ1) is 8.54. The van der Waals surface area contributed by atoms with E-state index in [9.17, 15) is 9.46 Å². The average Bonchev–Trinajstić information content (AvgIpc) is 2.39. The van der Waals surface area contributed by atoms with Gasteiger partial charge >= 0.3 is 0 Å². The molecule has 3 nitrogen and oxygen atoms in total. The van der Waals surface area contributed by atoms with Crippen molar-refractivity contribution < 1.29 is 9.46 Å². The zero-order chi connectivity index (χ0) is 13.2. The van der Waals surface area contributed by atoms with Gasteiger partial charge in [0, 0.05) is 27.8 Å². The molecule has 2 aromatic carbocycles. The van der Waals surface area contributed by atoms with Gasteiger partial charge in [0.2, 0.25) is 0 Å². The van der Waals surface area contributed by atoms with Gasteiger partial charge in [-0.2, -0.15) is 0 Å². The maximum absolute atomic E-state index is 12.5. The minimum atomic E-state index is -3.53. The number of hydrogen-bond donors (Lipinski definition) is 2. The molecule has 0 saturated carbocycles. The highest BCUT2D eigenvalue weighted by atomic mass is 79.9. The van der Waals surface area contributed by atoms with E-state index in [0.717, 1.165) is 10.2 Å². The molecule has 94 valence electrons. The lowest BCUT2D eigenvalue weighted by atomic mass is 10.3. The van der Waals surface area contributed by atoms with Crippen molar-refractivity contribution in [3.05, 3.63) is 53.0 Å². The quantitative estimate of drug-likeness (QED) is 0.853. The zero-order valence-electron chi connectivity index (χ0n) is 9.80. The maximum atomic E-state index is 12.5. The van der Waals surface area contributed by atoms with Crippen LogP contribution in [0.5, 0.6) is 0 Å². The van der Waals surface area contributed by atoms with Crippen molar-refractivity contribution in [2.45, 2.75) is 0 Å². The Labute approximate surface area is 114 Å². The molecule has 0 aliphatic carbocycles. The maximum Gasteiger partial charge on any atom is 0.258 e. The molecule has 0 aliphatic rings. The first-order valence-electron chi connectivity index (χ1n) is 5.41. The van der Waals surface area contributed by atoms with Crippen molar-refractivity contribution in [1.29, 1.82) is 0 Å². The third kappa shape index (κ3) is 2.66. The van der Waals surface area contributed by atoms with Gasteiger partial charge in [0.05, 0.1) is 0 Å². The summed E-state index contributed by atoms with van der Waals surface area (Å²) in [6.07, 6.45) is 0. The Balaban J connectivity index is 2.50. The SMILES string of the molecule is CNc1cccc(P(=O)(O)c2cccc(Br)c2)c1. The number of anilines is 1. The Morgan fingerprint density at radius 2 is 1.72 bits per heavy atom. The topological polar surface area (TPSA) is 49.3 Å². The Hall–Kier alpha value is -1.09. The normalized spacial score (nSPS) is 13.9. The number of halogens is 1. The van der Waals surface area contributed by atoms with Gasteiger partial charge in [-0.15, -0.1) is 0 Å². The van der Waals surface area contributed by atoms with Gasteiger partial charge in [-0.05, 0) is 36.4 Å². The summed E-state index contributed by atoms with van der Waals surface area (Å²) in [6, 6.07) is 13.9. The van der Waals surface area contributed by atoms with E-state index in [1.54, 1.807) is 43.4 Å². The summed E-state index contributed by atoms with van der Waals surface area (Å²) in [4.78, 5) is 10.3. The van der Waals surface area contributed by atoms with E-state index in [1.807, 2.05) is 12.1 Å². The molecule has 18 heavy (non-hydrogen) atoms. The van der Waals surface area contributed by atoms with Crippen molar-refractivity contribution in [2.24, 2.45) is 0 Å². The molecule has 0 bridgehead atoms. The van der Waals surface area contributed by atoms with Crippen molar-refractivity contribution in [3.63, 3.8) is 0 Å². The fourth-order valence-electron chi connectivity index (χ4n) is 1.66. The van der Waals surface area contributed by atoms with Gasteiger partial charge in [-0.25, -0.2) is 0 Å². The first kappa shape index (κ1) is 13.3. The first-order valence-corrected chi connectivity index (χ1v) is 7.86. The molecule has 0 heterocycles. The summed E-state index contributed by atoms with van der Waals surface area (Å²) in [5.41, 5.74) is 0.816. The molecule has 0 spiro atoms. The van der Waals surface area contributed by atoms with Crippen LogP contribution < -0.4 is 15.9 Å². The average molecular weight is 326 g/mol. The lowest BCUT2D eigenvalue weighted by molar-refractivity contribution is 0.501. The molecule has 0 fully saturated rings. The number of nitrogens with one attached hydrogen (secondary N) is 1. The minimum Gasteiger partial charge on any atom is -0.388 e. The predicted octanol–water partition coefficient (Wildman–Crippen LogP) is 2.71. The molecule has 0 saturated heterocycles. The molecule has 0 aromatic heterocycles. The summed E-state index contributed by atoms with van der Waals surface area (Å²) in [6.45, 7) is 0. The largest absolute Gasteiger partial charge is 0.388 e. The molecule has 5 heteroatoms. The van der Waals surface area contributed by atoms with E-state index < -0.39 is 7.37 Å². The number of benzene rings is 2. The Morgan fingerprint density at radius 3 is 2.33 bits per heavy atom. The van der Waals surface area contributed by atoms with Crippen molar-refractivity contribution in [2.75, 3.05) is 12.4 Å². The van der Waals surface area contributed by atoms with Gasteiger partial charge in [0.15, 0.2) is 0 Å². The number of hydrogen-bond acceptors (Lipinski definition) is 2. The molecule has 2 rings (SSSR count). The van der Waals surface area contributed by atoms with Crippen molar-refractivity contribution >= 4 is 39.6 Å². The van der Waals surface area contributed by atoms with Crippen LogP contribution in [0, 0.1) is 0 Å². The van der Waals surface area contributed by atoms with E-state index >= 15 is 0 Å². The molecular formula is C13H13BrNO2P. The highest BCUT2D eigenvalue weighted by Gasteiger charge is 2.24. The number of rotatable bonds is 3. The summed E-state index contributed by atoms with van der Waals surface area (Å²) >= 11 is 3.31. The Morgan fingerprint density at radius 1 is 1.11 bits per heavy atom. The molecule has 0 aliphatic heterocycles. The standard InChI is InChI=1S/C13H13BrNO2P/c1-15-11-5-3-7-13(9-11)18(16,17)12-6-2-4-10(14)8-12/h2-9,15H,1H3,(H,16,17). The lowest BCUT2D eigenvalue weighted by Crippen LogP contribution is -2.15. The van der Waals surface area contributed by atoms with E-state index in [-0.39, 0.29) is 0 Å². The van der Waals surface area contributed by atoms with Gasteiger partial charge in [-0.1, -0.05) is 28.1 Å². The summed E-state index contributed by atoms with van der Waals surface area (Å²) in [7, 11) is -1.76. The molecule has 1 atom stereocenters. The highest BCUT2D eigenvalue weighted by Crippen LogP contribution is 2.39. The zero-order valence-corrected chi connectivity index (χ0v) is 12.3.